The number of fused-ring (bicyclic) bond motifs is 4. The molecule has 52 valence electrons. The van der Waals surface area contributed by atoms with Crippen LogP contribution in [0.1, 0.15) is 12.8 Å². The van der Waals surface area contributed by atoms with Crippen molar-refractivity contribution >= 4 is 11.8 Å². The summed E-state index contributed by atoms with van der Waals surface area (Å²) in [7, 11) is 0. The molecule has 0 atom stereocenters. The standard InChI is InChI=1S/C7H13NS/c1-2-4-9-7-5-8(3-1)6-7/h7H,1-6H2. The summed E-state index contributed by atoms with van der Waals surface area (Å²) >= 11 is 2.18. The van der Waals surface area contributed by atoms with Crippen LogP contribution in [-0.4, -0.2) is 35.5 Å². The monoisotopic (exact) mass is 143 g/mol. The molecular formula is C7H13NS. The smallest absolute Gasteiger partial charge is 0.0302 e. The van der Waals surface area contributed by atoms with Crippen LogP contribution in [-0.2, 0) is 0 Å². The molecule has 0 spiro atoms. The molecule has 0 aliphatic carbocycles. The van der Waals surface area contributed by atoms with E-state index in [2.05, 4.69) is 16.7 Å². The maximum atomic E-state index is 2.57. The van der Waals surface area contributed by atoms with Crippen LogP contribution in [0.5, 0.6) is 0 Å². The summed E-state index contributed by atoms with van der Waals surface area (Å²) < 4.78 is 0. The molecule has 0 unspecified atom stereocenters. The van der Waals surface area contributed by atoms with Crippen molar-refractivity contribution in [3.63, 3.8) is 0 Å². The zero-order chi connectivity index (χ0) is 6.10. The Bertz CT molecular complexity index is 83.6. The summed E-state index contributed by atoms with van der Waals surface area (Å²) in [6.45, 7) is 4.13. The molecule has 3 fully saturated rings. The van der Waals surface area contributed by atoms with Gasteiger partial charge in [-0.05, 0) is 25.1 Å². The van der Waals surface area contributed by atoms with E-state index in [0.717, 1.165) is 5.25 Å². The van der Waals surface area contributed by atoms with Gasteiger partial charge in [-0.2, -0.15) is 11.8 Å². The van der Waals surface area contributed by atoms with Crippen LogP contribution in [0.3, 0.4) is 0 Å². The summed E-state index contributed by atoms with van der Waals surface area (Å²) in [6, 6.07) is 0. The summed E-state index contributed by atoms with van der Waals surface area (Å²) in [5.74, 6) is 1.42. The van der Waals surface area contributed by atoms with Crippen LogP contribution in [0.25, 0.3) is 0 Å². The van der Waals surface area contributed by atoms with Crippen molar-refractivity contribution in [3.05, 3.63) is 0 Å². The lowest BCUT2D eigenvalue weighted by Gasteiger charge is -2.40. The Morgan fingerprint density at radius 3 is 3.00 bits per heavy atom. The van der Waals surface area contributed by atoms with E-state index >= 15 is 0 Å². The van der Waals surface area contributed by atoms with E-state index in [4.69, 9.17) is 0 Å². The Labute approximate surface area is 60.8 Å². The molecule has 3 heterocycles. The molecule has 1 nitrogen and oxygen atoms in total. The van der Waals surface area contributed by atoms with Crippen LogP contribution >= 0.6 is 11.8 Å². The molecule has 0 radical (unpaired) electrons. The Kier molecular flexibility index (Phi) is 1.68. The van der Waals surface area contributed by atoms with Crippen molar-refractivity contribution in [1.29, 1.82) is 0 Å². The molecule has 2 heteroatoms. The van der Waals surface area contributed by atoms with Crippen LogP contribution in [0.4, 0.5) is 0 Å². The van der Waals surface area contributed by atoms with Crippen LogP contribution in [0.15, 0.2) is 0 Å². The minimum atomic E-state index is 1.00. The van der Waals surface area contributed by atoms with Crippen LogP contribution in [0.2, 0.25) is 0 Å². The highest BCUT2D eigenvalue weighted by atomic mass is 32.2. The van der Waals surface area contributed by atoms with Gasteiger partial charge in [0.05, 0.1) is 0 Å². The fraction of sp³-hybridized carbons (Fsp3) is 1.00. The maximum absolute atomic E-state index is 2.57. The van der Waals surface area contributed by atoms with E-state index in [0.29, 0.717) is 0 Å². The number of rotatable bonds is 0. The third-order valence-corrected chi connectivity index (χ3v) is 3.44. The van der Waals surface area contributed by atoms with Crippen molar-refractivity contribution in [2.45, 2.75) is 18.1 Å². The zero-order valence-corrected chi connectivity index (χ0v) is 6.49. The van der Waals surface area contributed by atoms with Crippen molar-refractivity contribution in [2.24, 2.45) is 0 Å². The van der Waals surface area contributed by atoms with Gasteiger partial charge in [-0.3, -0.25) is 0 Å². The Morgan fingerprint density at radius 2 is 2.11 bits per heavy atom. The van der Waals surface area contributed by atoms with Gasteiger partial charge in [0, 0.05) is 18.3 Å². The predicted molar refractivity (Wildman–Crippen MR) is 41.9 cm³/mol. The minimum Gasteiger partial charge on any atom is -0.301 e. The van der Waals surface area contributed by atoms with E-state index in [1.807, 2.05) is 0 Å². The second kappa shape index (κ2) is 2.51. The Hall–Kier alpha value is 0.310. The third kappa shape index (κ3) is 1.24. The van der Waals surface area contributed by atoms with E-state index in [9.17, 15) is 0 Å². The lowest BCUT2D eigenvalue weighted by molar-refractivity contribution is 0.184. The van der Waals surface area contributed by atoms with Gasteiger partial charge in [-0.15, -0.1) is 0 Å². The average molecular weight is 143 g/mol. The highest BCUT2D eigenvalue weighted by Crippen LogP contribution is 2.25. The van der Waals surface area contributed by atoms with Crippen molar-refractivity contribution in [1.82, 2.24) is 4.90 Å². The highest BCUT2D eigenvalue weighted by Gasteiger charge is 2.27. The fourth-order valence-corrected chi connectivity index (χ4v) is 2.83. The number of nitrogens with zero attached hydrogens (tertiary/aromatic N) is 1. The second-order valence-corrected chi connectivity index (χ2v) is 4.37. The lowest BCUT2D eigenvalue weighted by atomic mass is 10.2. The first kappa shape index (κ1) is 6.05. The van der Waals surface area contributed by atoms with Gasteiger partial charge < -0.3 is 4.90 Å². The van der Waals surface area contributed by atoms with Gasteiger partial charge in [0.1, 0.15) is 0 Å². The first-order valence-electron chi connectivity index (χ1n) is 3.79. The summed E-state index contributed by atoms with van der Waals surface area (Å²) in [4.78, 5) is 2.57. The Balaban J connectivity index is 1.85. The molecule has 9 heavy (non-hydrogen) atoms. The topological polar surface area (TPSA) is 3.24 Å². The molecule has 0 saturated carbocycles. The Morgan fingerprint density at radius 1 is 1.22 bits per heavy atom. The van der Waals surface area contributed by atoms with Gasteiger partial charge in [-0.25, -0.2) is 0 Å². The molecule has 0 aromatic carbocycles. The molecule has 3 aliphatic heterocycles. The molecule has 3 aliphatic rings. The predicted octanol–water partition coefficient (Wildman–Crippen LogP) is 1.20. The van der Waals surface area contributed by atoms with Gasteiger partial charge in [0.15, 0.2) is 0 Å². The van der Waals surface area contributed by atoms with Gasteiger partial charge >= 0.3 is 0 Å². The molecule has 0 amide bonds. The minimum absolute atomic E-state index is 1.00. The van der Waals surface area contributed by atoms with E-state index < -0.39 is 0 Å². The molecule has 0 N–H and O–H groups in total. The SMILES string of the molecule is C1CCN2CC(C2)SC1. The van der Waals surface area contributed by atoms with E-state index in [1.165, 1.54) is 38.2 Å². The third-order valence-electron chi connectivity index (χ3n) is 2.15. The number of hydrogen-bond donors (Lipinski definition) is 0. The van der Waals surface area contributed by atoms with E-state index in [1.54, 1.807) is 0 Å². The van der Waals surface area contributed by atoms with Gasteiger partial charge in [0.25, 0.3) is 0 Å². The normalized spacial score (nSPS) is 42.7. The lowest BCUT2D eigenvalue weighted by Crippen LogP contribution is -2.50. The van der Waals surface area contributed by atoms with Crippen molar-refractivity contribution < 1.29 is 0 Å². The number of thioether (sulfide) groups is 1. The number of hydrogen-bond acceptors (Lipinski definition) is 2. The average Bonchev–Trinajstić information content (AvgIpc) is 1.54. The van der Waals surface area contributed by atoms with Crippen LogP contribution in [0, 0.1) is 0 Å². The molecule has 3 rings (SSSR count). The summed E-state index contributed by atoms with van der Waals surface area (Å²) in [5, 5.41) is 1.00. The molecule has 0 aromatic rings. The second-order valence-electron chi connectivity index (χ2n) is 2.96. The fourth-order valence-electron chi connectivity index (χ4n) is 1.50. The quantitative estimate of drug-likeness (QED) is 0.501. The molecular weight excluding hydrogens is 130 g/mol. The molecule has 3 saturated heterocycles. The van der Waals surface area contributed by atoms with Gasteiger partial charge in [-0.1, -0.05) is 0 Å². The van der Waals surface area contributed by atoms with Gasteiger partial charge in [0.2, 0.25) is 0 Å². The molecule has 2 bridgehead atoms. The first-order chi connectivity index (χ1) is 4.45. The zero-order valence-electron chi connectivity index (χ0n) is 5.68. The summed E-state index contributed by atoms with van der Waals surface area (Å²) in [6.07, 6.45) is 2.87. The van der Waals surface area contributed by atoms with Crippen molar-refractivity contribution in [2.75, 3.05) is 25.4 Å². The first-order valence-corrected chi connectivity index (χ1v) is 4.84. The molecule has 0 aromatic heterocycles. The van der Waals surface area contributed by atoms with Crippen LogP contribution < -0.4 is 0 Å². The maximum Gasteiger partial charge on any atom is 0.0302 e. The largest absolute Gasteiger partial charge is 0.301 e. The highest BCUT2D eigenvalue weighted by molar-refractivity contribution is 8.00. The van der Waals surface area contributed by atoms with Crippen molar-refractivity contribution in [3.8, 4) is 0 Å². The summed E-state index contributed by atoms with van der Waals surface area (Å²) in [5.41, 5.74) is 0. The van der Waals surface area contributed by atoms with E-state index in [-0.39, 0.29) is 0 Å².